The standard InChI is InChI=1S/C17H27N2O7P/c1-13(10-19-17(22)25-11-14-6-3-2-4-7-14)12-27(23,24)26-15(16(20)21)8-5-9-18/h2-4,6-7,13,15H,5,8-12,18H2,1H3,(H,19,22)(H,20,21)(H,23,24). The molecule has 0 aliphatic carbocycles. The number of carboxylic acids is 1. The van der Waals surface area contributed by atoms with Crippen molar-refractivity contribution in [2.24, 2.45) is 11.7 Å². The highest BCUT2D eigenvalue weighted by atomic mass is 31.2. The van der Waals surface area contributed by atoms with Crippen LogP contribution >= 0.6 is 7.60 Å². The highest BCUT2D eigenvalue weighted by Crippen LogP contribution is 2.45. The number of amides is 1. The lowest BCUT2D eigenvalue weighted by atomic mass is 10.2. The van der Waals surface area contributed by atoms with Crippen LogP contribution in [0.3, 0.4) is 0 Å². The van der Waals surface area contributed by atoms with Gasteiger partial charge in [-0.3, -0.25) is 9.09 Å². The third-order valence-electron chi connectivity index (χ3n) is 3.59. The van der Waals surface area contributed by atoms with Gasteiger partial charge in [0.2, 0.25) is 0 Å². The third kappa shape index (κ3) is 10.1. The van der Waals surface area contributed by atoms with E-state index in [9.17, 15) is 19.0 Å². The number of hydrogen-bond donors (Lipinski definition) is 4. The first kappa shape index (κ1) is 23.1. The molecule has 1 rings (SSSR count). The van der Waals surface area contributed by atoms with E-state index in [4.69, 9.17) is 20.1 Å². The normalized spacial score (nSPS) is 15.4. The van der Waals surface area contributed by atoms with Crippen LogP contribution in [0.4, 0.5) is 4.79 Å². The van der Waals surface area contributed by atoms with E-state index in [1.807, 2.05) is 30.3 Å². The smallest absolute Gasteiger partial charge is 0.407 e. The van der Waals surface area contributed by atoms with Crippen LogP contribution < -0.4 is 11.1 Å². The maximum absolute atomic E-state index is 12.2. The molecule has 0 saturated carbocycles. The van der Waals surface area contributed by atoms with E-state index >= 15 is 0 Å². The largest absolute Gasteiger partial charge is 0.479 e. The van der Waals surface area contributed by atoms with Gasteiger partial charge in [-0.15, -0.1) is 0 Å². The number of hydrogen-bond acceptors (Lipinski definition) is 6. The lowest BCUT2D eigenvalue weighted by molar-refractivity contribution is -0.145. The molecule has 1 aromatic carbocycles. The van der Waals surface area contributed by atoms with E-state index in [-0.39, 0.29) is 32.3 Å². The highest BCUT2D eigenvalue weighted by Gasteiger charge is 2.30. The predicted octanol–water partition coefficient (Wildman–Crippen LogP) is 1.94. The van der Waals surface area contributed by atoms with Crippen molar-refractivity contribution in [2.75, 3.05) is 19.3 Å². The molecule has 0 aliphatic rings. The van der Waals surface area contributed by atoms with Crippen LogP contribution in [0.15, 0.2) is 30.3 Å². The highest BCUT2D eigenvalue weighted by molar-refractivity contribution is 7.52. The van der Waals surface area contributed by atoms with Gasteiger partial charge in [0.15, 0.2) is 6.10 Å². The SMILES string of the molecule is CC(CNC(=O)OCc1ccccc1)CP(=O)(O)OC(CCCN)C(=O)O. The second kappa shape index (κ2) is 11.7. The molecule has 152 valence electrons. The Labute approximate surface area is 158 Å². The minimum Gasteiger partial charge on any atom is -0.479 e. The molecule has 1 amide bonds. The number of alkyl carbamates (subject to hydrolysis) is 1. The quantitative estimate of drug-likeness (QED) is 0.388. The molecule has 0 heterocycles. The number of benzene rings is 1. The number of ether oxygens (including phenoxy) is 1. The number of carbonyl (C=O) groups excluding carboxylic acids is 1. The maximum Gasteiger partial charge on any atom is 0.407 e. The van der Waals surface area contributed by atoms with Gasteiger partial charge in [0, 0.05) is 6.54 Å². The van der Waals surface area contributed by atoms with E-state index < -0.39 is 31.7 Å². The van der Waals surface area contributed by atoms with Crippen molar-refractivity contribution in [3.05, 3.63) is 35.9 Å². The molecular weight excluding hydrogens is 375 g/mol. The fourth-order valence-corrected chi connectivity index (χ4v) is 3.85. The summed E-state index contributed by atoms with van der Waals surface area (Å²) < 4.78 is 22.1. The van der Waals surface area contributed by atoms with E-state index in [1.165, 1.54) is 0 Å². The van der Waals surface area contributed by atoms with Gasteiger partial charge in [-0.1, -0.05) is 37.3 Å². The summed E-state index contributed by atoms with van der Waals surface area (Å²) in [6.07, 6.45) is -1.92. The molecule has 0 aromatic heterocycles. The second-order valence-corrected chi connectivity index (χ2v) is 8.08. The Bertz CT molecular complexity index is 641. The average Bonchev–Trinajstić information content (AvgIpc) is 2.62. The van der Waals surface area contributed by atoms with Crippen molar-refractivity contribution in [2.45, 2.75) is 32.5 Å². The summed E-state index contributed by atoms with van der Waals surface area (Å²) >= 11 is 0. The Balaban J connectivity index is 2.38. The lowest BCUT2D eigenvalue weighted by Gasteiger charge is -2.21. The van der Waals surface area contributed by atoms with Crippen LogP contribution in [0.25, 0.3) is 0 Å². The van der Waals surface area contributed by atoms with E-state index in [2.05, 4.69) is 5.32 Å². The van der Waals surface area contributed by atoms with Gasteiger partial charge in [0.25, 0.3) is 0 Å². The van der Waals surface area contributed by atoms with Crippen LogP contribution in [0.5, 0.6) is 0 Å². The fraction of sp³-hybridized carbons (Fsp3) is 0.529. The summed E-state index contributed by atoms with van der Waals surface area (Å²) in [5, 5.41) is 11.6. The van der Waals surface area contributed by atoms with Gasteiger partial charge in [-0.2, -0.15) is 0 Å². The number of carbonyl (C=O) groups is 2. The molecule has 0 aliphatic heterocycles. The summed E-state index contributed by atoms with van der Waals surface area (Å²) in [5.74, 6) is -1.73. The Hall–Kier alpha value is -1.93. The summed E-state index contributed by atoms with van der Waals surface area (Å²) in [6, 6.07) is 9.15. The Morgan fingerprint density at radius 2 is 1.96 bits per heavy atom. The van der Waals surface area contributed by atoms with Crippen LogP contribution in [0.2, 0.25) is 0 Å². The van der Waals surface area contributed by atoms with Gasteiger partial charge < -0.3 is 25.8 Å². The molecule has 9 nitrogen and oxygen atoms in total. The number of aliphatic carboxylic acids is 1. The van der Waals surface area contributed by atoms with Crippen molar-refractivity contribution < 1.29 is 33.4 Å². The third-order valence-corrected chi connectivity index (χ3v) is 5.26. The molecule has 0 saturated heterocycles. The summed E-state index contributed by atoms with van der Waals surface area (Å²) in [7, 11) is -4.14. The molecule has 5 N–H and O–H groups in total. The summed E-state index contributed by atoms with van der Waals surface area (Å²) in [6.45, 7) is 2.10. The van der Waals surface area contributed by atoms with Crippen LogP contribution in [0, 0.1) is 5.92 Å². The van der Waals surface area contributed by atoms with Crippen molar-refractivity contribution in [3.63, 3.8) is 0 Å². The molecule has 0 radical (unpaired) electrons. The fourth-order valence-electron chi connectivity index (χ4n) is 2.26. The first-order valence-corrected chi connectivity index (χ1v) is 10.4. The molecule has 3 unspecified atom stereocenters. The van der Waals surface area contributed by atoms with E-state index in [0.29, 0.717) is 6.42 Å². The molecule has 3 atom stereocenters. The van der Waals surface area contributed by atoms with Gasteiger partial charge in [-0.05, 0) is 30.9 Å². The summed E-state index contributed by atoms with van der Waals surface area (Å²) in [4.78, 5) is 32.7. The molecule has 0 fully saturated rings. The molecule has 10 heteroatoms. The van der Waals surface area contributed by atoms with Crippen LogP contribution in [-0.2, 0) is 25.2 Å². The maximum atomic E-state index is 12.2. The van der Waals surface area contributed by atoms with E-state index in [0.717, 1.165) is 5.56 Å². The lowest BCUT2D eigenvalue weighted by Crippen LogP contribution is -2.31. The minimum absolute atomic E-state index is 0.0504. The second-order valence-electron chi connectivity index (χ2n) is 6.23. The zero-order chi connectivity index (χ0) is 20.3. The van der Waals surface area contributed by atoms with Crippen molar-refractivity contribution >= 4 is 19.7 Å². The van der Waals surface area contributed by atoms with Crippen molar-refractivity contribution in [1.82, 2.24) is 5.32 Å². The van der Waals surface area contributed by atoms with Crippen molar-refractivity contribution in [3.8, 4) is 0 Å². The first-order chi connectivity index (χ1) is 12.7. The number of rotatable bonds is 12. The Kier molecular flexibility index (Phi) is 10.0. The number of nitrogens with one attached hydrogen (secondary N) is 1. The van der Waals surface area contributed by atoms with Crippen molar-refractivity contribution in [1.29, 1.82) is 0 Å². The minimum atomic E-state index is -4.14. The Morgan fingerprint density at radius 3 is 2.56 bits per heavy atom. The first-order valence-electron chi connectivity index (χ1n) is 8.61. The Morgan fingerprint density at radius 1 is 1.30 bits per heavy atom. The predicted molar refractivity (Wildman–Crippen MR) is 99.3 cm³/mol. The van der Waals surface area contributed by atoms with Gasteiger partial charge >= 0.3 is 19.7 Å². The molecular formula is C17H27N2O7P. The van der Waals surface area contributed by atoms with Gasteiger partial charge in [-0.25, -0.2) is 9.59 Å². The molecule has 27 heavy (non-hydrogen) atoms. The van der Waals surface area contributed by atoms with Crippen LogP contribution in [0.1, 0.15) is 25.3 Å². The molecule has 0 bridgehead atoms. The number of nitrogens with two attached hydrogens (primary N) is 1. The average molecular weight is 402 g/mol. The zero-order valence-corrected chi connectivity index (χ0v) is 16.1. The molecule has 1 aromatic rings. The number of carboxylic acid groups (broad SMARTS) is 1. The van der Waals surface area contributed by atoms with E-state index in [1.54, 1.807) is 6.92 Å². The monoisotopic (exact) mass is 402 g/mol. The van der Waals surface area contributed by atoms with Gasteiger partial charge in [0.1, 0.15) is 6.61 Å². The van der Waals surface area contributed by atoms with Crippen LogP contribution in [-0.4, -0.2) is 47.4 Å². The topological polar surface area (TPSA) is 148 Å². The molecule has 0 spiro atoms. The summed E-state index contributed by atoms with van der Waals surface area (Å²) in [5.41, 5.74) is 6.16. The van der Waals surface area contributed by atoms with Gasteiger partial charge in [0.05, 0.1) is 6.16 Å². The zero-order valence-electron chi connectivity index (χ0n) is 15.2.